The van der Waals surface area contributed by atoms with E-state index in [1.54, 1.807) is 11.1 Å². The van der Waals surface area contributed by atoms with Gasteiger partial charge in [0, 0.05) is 49.1 Å². The van der Waals surface area contributed by atoms with Gasteiger partial charge in [-0.2, -0.15) is 0 Å². The summed E-state index contributed by atoms with van der Waals surface area (Å²) in [5, 5.41) is 10.9. The highest BCUT2D eigenvalue weighted by atomic mass is 79.9. The molecule has 4 heterocycles. The van der Waals surface area contributed by atoms with Crippen LogP contribution in [0.4, 0.5) is 0 Å². The molecule has 6 nitrogen and oxygen atoms in total. The molecule has 1 N–H and O–H groups in total. The van der Waals surface area contributed by atoms with Crippen LogP contribution in [0.25, 0.3) is 5.65 Å². The predicted molar refractivity (Wildman–Crippen MR) is 119 cm³/mol. The second kappa shape index (κ2) is 7.80. The monoisotopic (exact) mass is 468 g/mol. The fraction of sp³-hybridized carbons (Fsp3) is 0.391. The Kier molecular flexibility index (Phi) is 5.13. The number of pyridine rings is 1. The number of carbonyl (C=O) groups excluding carboxylic acids is 1. The molecular formula is C23H25BrN4O2. The van der Waals surface area contributed by atoms with Crippen molar-refractivity contribution in [3.05, 3.63) is 69.6 Å². The minimum absolute atomic E-state index is 0.0849. The third kappa shape index (κ3) is 3.55. The van der Waals surface area contributed by atoms with Crippen LogP contribution in [0, 0.1) is 6.92 Å². The summed E-state index contributed by atoms with van der Waals surface area (Å²) in [5.74, 6) is -0.115. The standard InChI is InChI=1S/C23H25BrN4O2/c1-15-10-18(24)12-28-13-19(25-22(15)28)23(30)27-9-7-20(21(29)14-27)26-8-6-16-4-2-3-5-17(16)11-26/h2-5,10,12-13,20-21,29H,6-9,11,14H2,1H3/t20-,21-/m0/s1. The first-order valence-corrected chi connectivity index (χ1v) is 11.2. The summed E-state index contributed by atoms with van der Waals surface area (Å²) in [6.45, 7) is 4.78. The molecule has 7 heteroatoms. The van der Waals surface area contributed by atoms with Crippen LogP contribution in [-0.4, -0.2) is 62.0 Å². The Morgan fingerprint density at radius 2 is 2.00 bits per heavy atom. The van der Waals surface area contributed by atoms with Gasteiger partial charge < -0.3 is 14.4 Å². The van der Waals surface area contributed by atoms with Crippen LogP contribution in [0.3, 0.4) is 0 Å². The molecule has 0 unspecified atom stereocenters. The van der Waals surface area contributed by atoms with E-state index >= 15 is 0 Å². The summed E-state index contributed by atoms with van der Waals surface area (Å²) in [6.07, 6.45) is 4.91. The molecule has 2 aliphatic rings. The molecule has 30 heavy (non-hydrogen) atoms. The highest BCUT2D eigenvalue weighted by molar-refractivity contribution is 9.10. The maximum atomic E-state index is 13.1. The van der Waals surface area contributed by atoms with E-state index < -0.39 is 6.10 Å². The van der Waals surface area contributed by atoms with Crippen LogP contribution in [0.2, 0.25) is 0 Å². The molecular weight excluding hydrogens is 444 g/mol. The molecule has 156 valence electrons. The number of carbonyl (C=O) groups is 1. The van der Waals surface area contributed by atoms with Gasteiger partial charge >= 0.3 is 0 Å². The molecule has 0 spiro atoms. The smallest absolute Gasteiger partial charge is 0.274 e. The first-order chi connectivity index (χ1) is 14.5. The molecule has 2 aromatic heterocycles. The maximum absolute atomic E-state index is 13.1. The van der Waals surface area contributed by atoms with E-state index in [2.05, 4.69) is 50.1 Å². The number of halogens is 1. The molecule has 0 aliphatic carbocycles. The third-order valence-corrected chi connectivity index (χ3v) is 6.82. The number of fused-ring (bicyclic) bond motifs is 2. The quantitative estimate of drug-likeness (QED) is 0.627. The van der Waals surface area contributed by atoms with Crippen molar-refractivity contribution in [3.8, 4) is 0 Å². The molecule has 2 aliphatic heterocycles. The van der Waals surface area contributed by atoms with E-state index in [4.69, 9.17) is 0 Å². The van der Waals surface area contributed by atoms with Gasteiger partial charge in [-0.05, 0) is 58.5 Å². The van der Waals surface area contributed by atoms with E-state index in [0.29, 0.717) is 18.8 Å². The Morgan fingerprint density at radius 3 is 2.80 bits per heavy atom. The van der Waals surface area contributed by atoms with Gasteiger partial charge in [0.2, 0.25) is 0 Å². The Hall–Kier alpha value is -2.22. The number of hydrogen-bond donors (Lipinski definition) is 1. The zero-order valence-electron chi connectivity index (χ0n) is 17.0. The van der Waals surface area contributed by atoms with Gasteiger partial charge in [0.1, 0.15) is 11.3 Å². The number of imidazole rings is 1. The fourth-order valence-electron chi connectivity index (χ4n) is 4.82. The van der Waals surface area contributed by atoms with Crippen molar-refractivity contribution in [2.45, 2.75) is 38.5 Å². The number of amides is 1. The second-order valence-electron chi connectivity index (χ2n) is 8.36. The minimum atomic E-state index is -0.555. The SMILES string of the molecule is Cc1cc(Br)cn2cc(C(=O)N3CC[C@H](N4CCc5ccccc5C4)[C@@H](O)C3)nc12. The number of benzene rings is 1. The van der Waals surface area contributed by atoms with Crippen LogP contribution in [-0.2, 0) is 13.0 Å². The van der Waals surface area contributed by atoms with Crippen molar-refractivity contribution in [2.24, 2.45) is 0 Å². The highest BCUT2D eigenvalue weighted by Gasteiger charge is 2.35. The van der Waals surface area contributed by atoms with Crippen molar-refractivity contribution in [3.63, 3.8) is 0 Å². The Morgan fingerprint density at radius 1 is 1.20 bits per heavy atom. The highest BCUT2D eigenvalue weighted by Crippen LogP contribution is 2.26. The van der Waals surface area contributed by atoms with E-state index in [1.807, 2.05) is 23.6 Å². The molecule has 1 aromatic carbocycles. The first-order valence-electron chi connectivity index (χ1n) is 10.4. The zero-order valence-corrected chi connectivity index (χ0v) is 18.5. The van der Waals surface area contributed by atoms with Crippen LogP contribution in [0.5, 0.6) is 0 Å². The molecule has 1 amide bonds. The van der Waals surface area contributed by atoms with Crippen LogP contribution < -0.4 is 0 Å². The molecule has 1 saturated heterocycles. The summed E-state index contributed by atoms with van der Waals surface area (Å²) in [4.78, 5) is 21.7. The number of aliphatic hydroxyl groups is 1. The number of aromatic nitrogens is 2. The van der Waals surface area contributed by atoms with E-state index in [1.165, 1.54) is 11.1 Å². The number of hydrogen-bond acceptors (Lipinski definition) is 4. The Balaban J connectivity index is 1.29. The first kappa shape index (κ1) is 19.7. The Labute approximate surface area is 184 Å². The van der Waals surface area contributed by atoms with Crippen molar-refractivity contribution < 1.29 is 9.90 Å². The lowest BCUT2D eigenvalue weighted by Crippen LogP contribution is -2.56. The number of rotatable bonds is 2. The maximum Gasteiger partial charge on any atom is 0.274 e. The molecule has 2 atom stereocenters. The van der Waals surface area contributed by atoms with Crippen LogP contribution in [0.15, 0.2) is 47.2 Å². The normalized spacial score (nSPS) is 22.3. The summed E-state index contributed by atoms with van der Waals surface area (Å²) >= 11 is 3.49. The van der Waals surface area contributed by atoms with Gasteiger partial charge in [-0.3, -0.25) is 9.69 Å². The van der Waals surface area contributed by atoms with Crippen molar-refractivity contribution in [2.75, 3.05) is 19.6 Å². The number of β-amino-alcohol motifs (C(OH)–C–C–N with tert-alkyl or cyclic N) is 1. The van der Waals surface area contributed by atoms with Crippen molar-refractivity contribution in [1.82, 2.24) is 19.2 Å². The second-order valence-corrected chi connectivity index (χ2v) is 9.28. The molecule has 0 bridgehead atoms. The van der Waals surface area contributed by atoms with Crippen LogP contribution in [0.1, 0.15) is 33.6 Å². The number of aliphatic hydroxyl groups excluding tert-OH is 1. The molecule has 0 saturated carbocycles. The average Bonchev–Trinajstić information content (AvgIpc) is 3.17. The minimum Gasteiger partial charge on any atom is -0.390 e. The van der Waals surface area contributed by atoms with E-state index in [-0.39, 0.29) is 11.9 Å². The summed E-state index contributed by atoms with van der Waals surface area (Å²) in [6, 6.07) is 10.6. The van der Waals surface area contributed by atoms with Crippen molar-refractivity contribution in [1.29, 1.82) is 0 Å². The predicted octanol–water partition coefficient (Wildman–Crippen LogP) is 3.04. The average molecular weight is 469 g/mol. The van der Waals surface area contributed by atoms with Crippen molar-refractivity contribution >= 4 is 27.5 Å². The lowest BCUT2D eigenvalue weighted by Gasteiger charge is -2.43. The van der Waals surface area contributed by atoms with E-state index in [9.17, 15) is 9.90 Å². The summed E-state index contributed by atoms with van der Waals surface area (Å²) in [7, 11) is 0. The Bertz CT molecular complexity index is 1110. The third-order valence-electron chi connectivity index (χ3n) is 6.38. The largest absolute Gasteiger partial charge is 0.390 e. The van der Waals surface area contributed by atoms with Gasteiger partial charge in [0.15, 0.2) is 0 Å². The number of aryl methyl sites for hydroxylation is 1. The van der Waals surface area contributed by atoms with Gasteiger partial charge in [-0.15, -0.1) is 0 Å². The van der Waals surface area contributed by atoms with E-state index in [0.717, 1.165) is 41.6 Å². The topological polar surface area (TPSA) is 61.1 Å². The van der Waals surface area contributed by atoms with Crippen LogP contribution >= 0.6 is 15.9 Å². The lowest BCUT2D eigenvalue weighted by molar-refractivity contribution is -0.0139. The fourth-order valence-corrected chi connectivity index (χ4v) is 5.38. The van der Waals surface area contributed by atoms with Gasteiger partial charge in [0.05, 0.1) is 6.10 Å². The number of likely N-dealkylation sites (tertiary alicyclic amines) is 1. The summed E-state index contributed by atoms with van der Waals surface area (Å²) in [5.41, 5.74) is 4.97. The summed E-state index contributed by atoms with van der Waals surface area (Å²) < 4.78 is 2.82. The molecule has 5 rings (SSSR count). The lowest BCUT2D eigenvalue weighted by atomic mass is 9.94. The molecule has 1 fully saturated rings. The molecule has 3 aromatic rings. The number of nitrogens with zero attached hydrogens (tertiary/aromatic N) is 4. The van der Waals surface area contributed by atoms with Gasteiger partial charge in [0.25, 0.3) is 5.91 Å². The van der Waals surface area contributed by atoms with Gasteiger partial charge in [-0.1, -0.05) is 24.3 Å². The molecule has 0 radical (unpaired) electrons. The number of piperidine rings is 1. The van der Waals surface area contributed by atoms with Gasteiger partial charge in [-0.25, -0.2) is 4.98 Å². The zero-order chi connectivity index (χ0) is 20.8.